The minimum Gasteiger partial charge on any atom is -0.497 e. The van der Waals surface area contributed by atoms with E-state index in [-0.39, 0.29) is 24.3 Å². The van der Waals surface area contributed by atoms with Crippen molar-refractivity contribution >= 4 is 11.8 Å². The SMILES string of the molecule is COc1ccc(CN2CCNC(=O)C2CC(=O)N(C)C(C)C)c(OC)c1. The van der Waals surface area contributed by atoms with Crippen molar-refractivity contribution in [3.63, 3.8) is 0 Å². The van der Waals surface area contributed by atoms with Gasteiger partial charge in [0.1, 0.15) is 11.5 Å². The molecule has 26 heavy (non-hydrogen) atoms. The molecule has 1 saturated heterocycles. The maximum absolute atomic E-state index is 12.5. The summed E-state index contributed by atoms with van der Waals surface area (Å²) in [5.41, 5.74) is 0.956. The average molecular weight is 363 g/mol. The average Bonchev–Trinajstić information content (AvgIpc) is 2.63. The summed E-state index contributed by atoms with van der Waals surface area (Å²) in [5.74, 6) is 1.29. The number of amides is 2. The van der Waals surface area contributed by atoms with E-state index in [2.05, 4.69) is 5.32 Å². The van der Waals surface area contributed by atoms with E-state index in [0.29, 0.717) is 31.1 Å². The minimum absolute atomic E-state index is 0.0336. The maximum atomic E-state index is 12.5. The van der Waals surface area contributed by atoms with Crippen LogP contribution in [-0.2, 0) is 16.1 Å². The zero-order valence-corrected chi connectivity index (χ0v) is 16.2. The number of benzene rings is 1. The van der Waals surface area contributed by atoms with E-state index in [4.69, 9.17) is 9.47 Å². The zero-order valence-electron chi connectivity index (χ0n) is 16.2. The Morgan fingerprint density at radius 1 is 1.35 bits per heavy atom. The van der Waals surface area contributed by atoms with E-state index >= 15 is 0 Å². The summed E-state index contributed by atoms with van der Waals surface area (Å²) in [4.78, 5) is 28.6. The fraction of sp³-hybridized carbons (Fsp3) is 0.579. The lowest BCUT2D eigenvalue weighted by Crippen LogP contribution is -2.56. The molecule has 1 aromatic rings. The van der Waals surface area contributed by atoms with Crippen molar-refractivity contribution in [2.45, 2.75) is 38.9 Å². The van der Waals surface area contributed by atoms with Crippen LogP contribution in [0.5, 0.6) is 11.5 Å². The van der Waals surface area contributed by atoms with Crippen molar-refractivity contribution < 1.29 is 19.1 Å². The van der Waals surface area contributed by atoms with E-state index in [0.717, 1.165) is 5.56 Å². The summed E-state index contributed by atoms with van der Waals surface area (Å²) in [5, 5.41) is 2.87. The molecule has 0 spiro atoms. The first-order valence-electron chi connectivity index (χ1n) is 8.85. The number of piperazine rings is 1. The first kappa shape index (κ1) is 20.0. The molecule has 1 aliphatic rings. The van der Waals surface area contributed by atoms with E-state index in [1.807, 2.05) is 36.9 Å². The fourth-order valence-electron chi connectivity index (χ4n) is 2.97. The van der Waals surface area contributed by atoms with Gasteiger partial charge in [-0.3, -0.25) is 14.5 Å². The van der Waals surface area contributed by atoms with Crippen molar-refractivity contribution in [3.8, 4) is 11.5 Å². The lowest BCUT2D eigenvalue weighted by Gasteiger charge is -2.36. The molecule has 2 rings (SSSR count). The first-order chi connectivity index (χ1) is 12.4. The van der Waals surface area contributed by atoms with Gasteiger partial charge < -0.3 is 19.7 Å². The van der Waals surface area contributed by atoms with Gasteiger partial charge in [0.15, 0.2) is 0 Å². The number of carbonyl (C=O) groups excluding carboxylic acids is 2. The molecule has 7 heteroatoms. The Morgan fingerprint density at radius 2 is 2.08 bits per heavy atom. The standard InChI is InChI=1S/C19H29N3O4/c1-13(2)21(3)18(23)11-16-19(24)20-8-9-22(16)12-14-6-7-15(25-4)10-17(14)26-5/h6-7,10,13,16H,8-9,11-12H2,1-5H3,(H,20,24). The van der Waals surface area contributed by atoms with Crippen molar-refractivity contribution in [2.24, 2.45) is 0 Å². The topological polar surface area (TPSA) is 71.1 Å². The van der Waals surface area contributed by atoms with Crippen molar-refractivity contribution in [1.29, 1.82) is 0 Å². The number of nitrogens with one attached hydrogen (secondary N) is 1. The van der Waals surface area contributed by atoms with Gasteiger partial charge in [0.2, 0.25) is 11.8 Å². The van der Waals surface area contributed by atoms with Gasteiger partial charge in [0, 0.05) is 44.4 Å². The zero-order chi connectivity index (χ0) is 19.3. The monoisotopic (exact) mass is 363 g/mol. The molecule has 144 valence electrons. The molecule has 2 amide bonds. The van der Waals surface area contributed by atoms with E-state index < -0.39 is 6.04 Å². The van der Waals surface area contributed by atoms with Crippen LogP contribution in [0.3, 0.4) is 0 Å². The number of rotatable bonds is 7. The molecule has 1 fully saturated rings. The molecular formula is C19H29N3O4. The summed E-state index contributed by atoms with van der Waals surface area (Å²) >= 11 is 0. The molecule has 1 aromatic carbocycles. The number of carbonyl (C=O) groups is 2. The Hall–Kier alpha value is -2.28. The second-order valence-electron chi connectivity index (χ2n) is 6.76. The second-order valence-corrected chi connectivity index (χ2v) is 6.76. The summed E-state index contributed by atoms with van der Waals surface area (Å²) in [6.45, 7) is 5.70. The van der Waals surface area contributed by atoms with Crippen LogP contribution < -0.4 is 14.8 Å². The highest BCUT2D eigenvalue weighted by Crippen LogP contribution is 2.27. The molecule has 0 saturated carbocycles. The molecule has 7 nitrogen and oxygen atoms in total. The number of nitrogens with zero attached hydrogens (tertiary/aromatic N) is 2. The Morgan fingerprint density at radius 3 is 2.69 bits per heavy atom. The van der Waals surface area contributed by atoms with Crippen LogP contribution in [0.25, 0.3) is 0 Å². The largest absolute Gasteiger partial charge is 0.497 e. The molecule has 0 aromatic heterocycles. The molecule has 0 bridgehead atoms. The fourth-order valence-corrected chi connectivity index (χ4v) is 2.97. The Kier molecular flexibility index (Phi) is 6.85. The predicted molar refractivity (Wildman–Crippen MR) is 99.3 cm³/mol. The highest BCUT2D eigenvalue weighted by molar-refractivity contribution is 5.88. The highest BCUT2D eigenvalue weighted by Gasteiger charge is 2.33. The minimum atomic E-state index is -0.482. The van der Waals surface area contributed by atoms with Gasteiger partial charge in [0.05, 0.1) is 26.7 Å². The van der Waals surface area contributed by atoms with Crippen LogP contribution >= 0.6 is 0 Å². The quantitative estimate of drug-likeness (QED) is 0.790. The number of hydrogen-bond acceptors (Lipinski definition) is 5. The van der Waals surface area contributed by atoms with Gasteiger partial charge in [-0.05, 0) is 19.9 Å². The van der Waals surface area contributed by atoms with Crippen LogP contribution in [0.2, 0.25) is 0 Å². The molecule has 0 radical (unpaired) electrons. The van der Waals surface area contributed by atoms with Crippen LogP contribution in [0, 0.1) is 0 Å². The summed E-state index contributed by atoms with van der Waals surface area (Å²) < 4.78 is 10.7. The Balaban J connectivity index is 2.17. The summed E-state index contributed by atoms with van der Waals surface area (Å²) in [6.07, 6.45) is 0.166. The Bertz CT molecular complexity index is 648. The molecule has 0 aliphatic carbocycles. The van der Waals surface area contributed by atoms with Crippen LogP contribution in [0.15, 0.2) is 18.2 Å². The van der Waals surface area contributed by atoms with Gasteiger partial charge in [-0.2, -0.15) is 0 Å². The smallest absolute Gasteiger partial charge is 0.237 e. The van der Waals surface area contributed by atoms with Crippen molar-refractivity contribution in [2.75, 3.05) is 34.4 Å². The van der Waals surface area contributed by atoms with Crippen molar-refractivity contribution in [3.05, 3.63) is 23.8 Å². The number of hydrogen-bond donors (Lipinski definition) is 1. The van der Waals surface area contributed by atoms with Gasteiger partial charge in [-0.25, -0.2) is 0 Å². The highest BCUT2D eigenvalue weighted by atomic mass is 16.5. The molecule has 1 aliphatic heterocycles. The van der Waals surface area contributed by atoms with Gasteiger partial charge in [-0.15, -0.1) is 0 Å². The summed E-state index contributed by atoms with van der Waals surface area (Å²) in [6, 6.07) is 5.25. The lowest BCUT2D eigenvalue weighted by atomic mass is 10.1. The maximum Gasteiger partial charge on any atom is 0.237 e. The number of ether oxygens (including phenoxy) is 2. The third kappa shape index (κ3) is 4.66. The third-order valence-electron chi connectivity index (χ3n) is 4.85. The van der Waals surface area contributed by atoms with Crippen molar-refractivity contribution in [1.82, 2.24) is 15.1 Å². The summed E-state index contributed by atoms with van der Waals surface area (Å²) in [7, 11) is 4.99. The van der Waals surface area contributed by atoms with Crippen LogP contribution in [-0.4, -0.2) is 68.1 Å². The molecule has 1 N–H and O–H groups in total. The lowest BCUT2D eigenvalue weighted by molar-refractivity contribution is -0.139. The van der Waals surface area contributed by atoms with E-state index in [1.165, 1.54) is 0 Å². The van der Waals surface area contributed by atoms with E-state index in [9.17, 15) is 9.59 Å². The van der Waals surface area contributed by atoms with Gasteiger partial charge >= 0.3 is 0 Å². The Labute approximate surface area is 155 Å². The molecule has 1 heterocycles. The second kappa shape index (κ2) is 8.89. The first-order valence-corrected chi connectivity index (χ1v) is 8.85. The number of methoxy groups -OCH3 is 2. The van der Waals surface area contributed by atoms with Crippen LogP contribution in [0.4, 0.5) is 0 Å². The molecule has 1 unspecified atom stereocenters. The molecule has 1 atom stereocenters. The van der Waals surface area contributed by atoms with E-state index in [1.54, 1.807) is 26.2 Å². The van der Waals surface area contributed by atoms with Gasteiger partial charge in [-0.1, -0.05) is 6.07 Å². The molecular weight excluding hydrogens is 334 g/mol. The predicted octanol–water partition coefficient (Wildman–Crippen LogP) is 1.26. The normalized spacial score (nSPS) is 17.8. The van der Waals surface area contributed by atoms with Gasteiger partial charge in [0.25, 0.3) is 0 Å². The third-order valence-corrected chi connectivity index (χ3v) is 4.85. The van der Waals surface area contributed by atoms with Crippen LogP contribution in [0.1, 0.15) is 25.8 Å².